The first-order chi connectivity index (χ1) is 13.5. The molecule has 3 aromatic rings. The second-order valence-electron chi connectivity index (χ2n) is 6.62. The quantitative estimate of drug-likeness (QED) is 0.616. The zero-order chi connectivity index (χ0) is 20.1. The van der Waals surface area contributed by atoms with Crippen LogP contribution in [-0.4, -0.2) is 33.5 Å². The minimum absolute atomic E-state index is 0.0621. The topological polar surface area (TPSA) is 69.0 Å². The van der Waals surface area contributed by atoms with Gasteiger partial charge in [0, 0.05) is 19.2 Å². The van der Waals surface area contributed by atoms with Crippen LogP contribution in [0.5, 0.6) is 5.75 Å². The van der Waals surface area contributed by atoms with Crippen molar-refractivity contribution in [1.29, 1.82) is 0 Å². The summed E-state index contributed by atoms with van der Waals surface area (Å²) in [7, 11) is 3.57. The number of benzene rings is 2. The van der Waals surface area contributed by atoms with Gasteiger partial charge < -0.3 is 14.6 Å². The number of methoxy groups -OCH3 is 1. The highest BCUT2D eigenvalue weighted by atomic mass is 32.2. The van der Waals surface area contributed by atoms with Crippen LogP contribution >= 0.6 is 11.8 Å². The lowest BCUT2D eigenvalue weighted by Gasteiger charge is -2.08. The molecule has 1 N–H and O–H groups in total. The van der Waals surface area contributed by atoms with Crippen molar-refractivity contribution in [3.05, 3.63) is 65.0 Å². The minimum Gasteiger partial charge on any atom is -0.497 e. The molecule has 3 rings (SSSR count). The zero-order valence-electron chi connectivity index (χ0n) is 16.5. The van der Waals surface area contributed by atoms with Crippen LogP contribution in [0, 0.1) is 13.8 Å². The van der Waals surface area contributed by atoms with Crippen molar-refractivity contribution in [1.82, 2.24) is 14.8 Å². The summed E-state index contributed by atoms with van der Waals surface area (Å²) in [6.07, 6.45) is 0.670. The van der Waals surface area contributed by atoms with Gasteiger partial charge in [0.15, 0.2) is 5.16 Å². The van der Waals surface area contributed by atoms with Crippen molar-refractivity contribution < 1.29 is 9.53 Å². The van der Waals surface area contributed by atoms with Gasteiger partial charge in [0.1, 0.15) is 11.6 Å². The maximum absolute atomic E-state index is 12.3. The van der Waals surface area contributed by atoms with Gasteiger partial charge in [0.2, 0.25) is 5.91 Å². The van der Waals surface area contributed by atoms with Crippen molar-refractivity contribution in [2.24, 2.45) is 7.05 Å². The summed E-state index contributed by atoms with van der Waals surface area (Å²) in [5.74, 6) is 1.89. The number of rotatable bonds is 7. The molecule has 0 atom stereocenters. The first-order valence-corrected chi connectivity index (χ1v) is 9.96. The lowest BCUT2D eigenvalue weighted by molar-refractivity contribution is -0.113. The Labute approximate surface area is 169 Å². The molecule has 1 heterocycles. The average Bonchev–Trinajstić information content (AvgIpc) is 3.03. The molecule has 0 aliphatic rings. The second-order valence-corrected chi connectivity index (χ2v) is 7.56. The number of anilines is 1. The van der Waals surface area contributed by atoms with Crippen LogP contribution in [0.3, 0.4) is 0 Å². The van der Waals surface area contributed by atoms with Crippen molar-refractivity contribution in [3.63, 3.8) is 0 Å². The van der Waals surface area contributed by atoms with Crippen LogP contribution in [0.2, 0.25) is 0 Å². The molecule has 6 nitrogen and oxygen atoms in total. The normalized spacial score (nSPS) is 10.7. The molecule has 7 heteroatoms. The lowest BCUT2D eigenvalue weighted by Crippen LogP contribution is -2.14. The largest absolute Gasteiger partial charge is 0.497 e. The molecule has 0 saturated carbocycles. The van der Waals surface area contributed by atoms with Gasteiger partial charge >= 0.3 is 0 Å². The Morgan fingerprint density at radius 1 is 1.11 bits per heavy atom. The fourth-order valence-electron chi connectivity index (χ4n) is 2.70. The van der Waals surface area contributed by atoms with E-state index in [-0.39, 0.29) is 11.7 Å². The van der Waals surface area contributed by atoms with E-state index in [2.05, 4.69) is 15.5 Å². The second kappa shape index (κ2) is 8.93. The average molecular weight is 397 g/mol. The highest BCUT2D eigenvalue weighted by Gasteiger charge is 2.12. The van der Waals surface area contributed by atoms with E-state index in [1.807, 2.05) is 67.9 Å². The standard InChI is InChI=1S/C21H24N4O2S/c1-14-5-8-17(11-15(14)2)22-20(26)13-28-21-24-23-19(25(21)3)12-16-6-9-18(27-4)10-7-16/h5-11H,12-13H2,1-4H3,(H,22,26). The first-order valence-electron chi connectivity index (χ1n) is 8.97. The van der Waals surface area contributed by atoms with Gasteiger partial charge in [-0.2, -0.15) is 0 Å². The molecule has 0 fully saturated rings. The number of carbonyl (C=O) groups excluding carboxylic acids is 1. The summed E-state index contributed by atoms with van der Waals surface area (Å²) in [5.41, 5.74) is 4.30. The van der Waals surface area contributed by atoms with E-state index in [0.717, 1.165) is 33.5 Å². The van der Waals surface area contributed by atoms with E-state index in [1.165, 1.54) is 17.3 Å². The number of hydrogen-bond donors (Lipinski definition) is 1. The molecule has 0 radical (unpaired) electrons. The first kappa shape index (κ1) is 19.9. The van der Waals surface area contributed by atoms with Crippen LogP contribution in [0.15, 0.2) is 47.6 Å². The highest BCUT2D eigenvalue weighted by molar-refractivity contribution is 7.99. The number of carbonyl (C=O) groups is 1. The van der Waals surface area contributed by atoms with Crippen LogP contribution < -0.4 is 10.1 Å². The van der Waals surface area contributed by atoms with Crippen LogP contribution in [0.25, 0.3) is 0 Å². The summed E-state index contributed by atoms with van der Waals surface area (Å²) in [6.45, 7) is 4.08. The van der Waals surface area contributed by atoms with Crippen molar-refractivity contribution in [3.8, 4) is 5.75 Å². The van der Waals surface area contributed by atoms with Gasteiger partial charge in [-0.25, -0.2) is 0 Å². The maximum Gasteiger partial charge on any atom is 0.234 e. The van der Waals surface area contributed by atoms with Gasteiger partial charge in [-0.15, -0.1) is 10.2 Å². The number of aromatic nitrogens is 3. The Morgan fingerprint density at radius 3 is 2.54 bits per heavy atom. The zero-order valence-corrected chi connectivity index (χ0v) is 17.3. The number of aryl methyl sites for hydroxylation is 2. The molecule has 0 saturated heterocycles. The molecule has 1 amide bonds. The Bertz CT molecular complexity index is 967. The lowest BCUT2D eigenvalue weighted by atomic mass is 10.1. The van der Waals surface area contributed by atoms with Gasteiger partial charge in [0.25, 0.3) is 0 Å². The molecule has 1 aromatic heterocycles. The van der Waals surface area contributed by atoms with Crippen molar-refractivity contribution in [2.75, 3.05) is 18.2 Å². The number of thioether (sulfide) groups is 1. The van der Waals surface area contributed by atoms with E-state index in [9.17, 15) is 4.79 Å². The van der Waals surface area contributed by atoms with E-state index in [4.69, 9.17) is 4.74 Å². The van der Waals surface area contributed by atoms with E-state index < -0.39 is 0 Å². The molecular formula is C21H24N4O2S. The molecule has 0 aliphatic carbocycles. The van der Waals surface area contributed by atoms with Gasteiger partial charge in [-0.05, 0) is 54.8 Å². The number of hydrogen-bond acceptors (Lipinski definition) is 5. The fourth-order valence-corrected chi connectivity index (χ4v) is 3.43. The molecule has 28 heavy (non-hydrogen) atoms. The van der Waals surface area contributed by atoms with E-state index in [1.54, 1.807) is 7.11 Å². The van der Waals surface area contributed by atoms with Crippen LogP contribution in [0.1, 0.15) is 22.5 Å². The summed E-state index contributed by atoms with van der Waals surface area (Å²) >= 11 is 1.38. The smallest absolute Gasteiger partial charge is 0.234 e. The number of nitrogens with one attached hydrogen (secondary N) is 1. The molecule has 0 unspecified atom stereocenters. The fraction of sp³-hybridized carbons (Fsp3) is 0.286. The molecule has 0 aliphatic heterocycles. The van der Waals surface area contributed by atoms with Gasteiger partial charge in [-0.1, -0.05) is 30.0 Å². The van der Waals surface area contributed by atoms with E-state index >= 15 is 0 Å². The molecule has 2 aromatic carbocycles. The third-order valence-corrected chi connectivity index (χ3v) is 5.59. The van der Waals surface area contributed by atoms with Crippen LogP contribution in [-0.2, 0) is 18.3 Å². The van der Waals surface area contributed by atoms with Crippen LogP contribution in [0.4, 0.5) is 5.69 Å². The SMILES string of the molecule is COc1ccc(Cc2nnc(SCC(=O)Nc3ccc(C)c(C)c3)n2C)cc1. The third-order valence-electron chi connectivity index (χ3n) is 4.57. The van der Waals surface area contributed by atoms with Crippen molar-refractivity contribution in [2.45, 2.75) is 25.4 Å². The third kappa shape index (κ3) is 4.92. The summed E-state index contributed by atoms with van der Waals surface area (Å²) in [4.78, 5) is 12.3. The molecule has 146 valence electrons. The monoisotopic (exact) mass is 396 g/mol. The highest BCUT2D eigenvalue weighted by Crippen LogP contribution is 2.20. The number of nitrogens with zero attached hydrogens (tertiary/aromatic N) is 3. The number of ether oxygens (including phenoxy) is 1. The minimum atomic E-state index is -0.0621. The van der Waals surface area contributed by atoms with Crippen molar-refractivity contribution >= 4 is 23.4 Å². The Morgan fingerprint density at radius 2 is 1.86 bits per heavy atom. The molecule has 0 bridgehead atoms. The number of amides is 1. The molecular weight excluding hydrogens is 372 g/mol. The maximum atomic E-state index is 12.3. The summed E-state index contributed by atoms with van der Waals surface area (Å²) < 4.78 is 7.11. The molecule has 0 spiro atoms. The predicted octanol–water partition coefficient (Wildman–Crippen LogP) is 3.76. The Kier molecular flexibility index (Phi) is 6.36. The van der Waals surface area contributed by atoms with E-state index in [0.29, 0.717) is 6.42 Å². The Hall–Kier alpha value is -2.80. The van der Waals surface area contributed by atoms with Gasteiger partial charge in [-0.3, -0.25) is 4.79 Å². The summed E-state index contributed by atoms with van der Waals surface area (Å²) in [6, 6.07) is 13.8. The summed E-state index contributed by atoms with van der Waals surface area (Å²) in [5, 5.41) is 12.1. The predicted molar refractivity (Wildman–Crippen MR) is 112 cm³/mol. The Balaban J connectivity index is 1.57. The van der Waals surface area contributed by atoms with Gasteiger partial charge in [0.05, 0.1) is 12.9 Å².